The first-order valence-electron chi connectivity index (χ1n) is 4.93. The van der Waals surface area contributed by atoms with E-state index in [0.717, 1.165) is 5.56 Å². The second-order valence-electron chi connectivity index (χ2n) is 2.95. The molecule has 1 aromatic heterocycles. The lowest BCUT2D eigenvalue weighted by molar-refractivity contribution is 0.643. The molecular formula is C11H18ClN3. The van der Waals surface area contributed by atoms with Gasteiger partial charge < -0.3 is 4.90 Å². The molecule has 1 rings (SSSR count). The van der Waals surface area contributed by atoms with Gasteiger partial charge in [-0.25, -0.2) is 9.98 Å². The normalized spacial score (nSPS) is 9.73. The van der Waals surface area contributed by atoms with E-state index in [2.05, 4.69) is 9.98 Å². The smallest absolute Gasteiger partial charge is 0.157 e. The predicted octanol–water partition coefficient (Wildman–Crippen LogP) is 3.29. The first-order valence-corrected chi connectivity index (χ1v) is 5.31. The average Bonchev–Trinajstić information content (AvgIpc) is 2.23. The number of aliphatic imine (C=N–C) groups is 1. The van der Waals surface area contributed by atoms with Gasteiger partial charge in [0.05, 0.1) is 6.34 Å². The van der Waals surface area contributed by atoms with Crippen LogP contribution in [0.15, 0.2) is 17.3 Å². The van der Waals surface area contributed by atoms with Gasteiger partial charge in [-0.15, -0.1) is 0 Å². The monoisotopic (exact) mass is 227 g/mol. The van der Waals surface area contributed by atoms with Crippen LogP contribution in [0, 0.1) is 6.92 Å². The van der Waals surface area contributed by atoms with Crippen LogP contribution in [0.3, 0.4) is 0 Å². The Morgan fingerprint density at radius 3 is 2.53 bits per heavy atom. The van der Waals surface area contributed by atoms with Gasteiger partial charge in [0.1, 0.15) is 0 Å². The maximum Gasteiger partial charge on any atom is 0.157 e. The van der Waals surface area contributed by atoms with Crippen LogP contribution in [0.4, 0.5) is 5.82 Å². The van der Waals surface area contributed by atoms with Crippen molar-refractivity contribution in [3.63, 3.8) is 0 Å². The van der Waals surface area contributed by atoms with Gasteiger partial charge in [-0.3, -0.25) is 0 Å². The third kappa shape index (κ3) is 4.79. The van der Waals surface area contributed by atoms with Crippen molar-refractivity contribution in [1.29, 1.82) is 0 Å². The zero-order valence-corrected chi connectivity index (χ0v) is 10.7. The highest BCUT2D eigenvalue weighted by molar-refractivity contribution is 6.31. The number of hydrogen-bond donors (Lipinski definition) is 0. The van der Waals surface area contributed by atoms with E-state index in [1.807, 2.05) is 39.8 Å². The van der Waals surface area contributed by atoms with Crippen molar-refractivity contribution in [1.82, 2.24) is 9.88 Å². The molecule has 4 heteroatoms. The quantitative estimate of drug-likeness (QED) is 0.573. The Bertz CT molecular complexity index is 322. The average molecular weight is 228 g/mol. The van der Waals surface area contributed by atoms with Gasteiger partial charge in [-0.05, 0) is 13.0 Å². The molecule has 15 heavy (non-hydrogen) atoms. The molecule has 0 N–H and O–H groups in total. The van der Waals surface area contributed by atoms with Gasteiger partial charge in [-0.1, -0.05) is 25.4 Å². The lowest BCUT2D eigenvalue weighted by atomic mass is 10.3. The Kier molecular flexibility index (Phi) is 6.71. The summed E-state index contributed by atoms with van der Waals surface area (Å²) in [7, 11) is 3.81. The number of pyridine rings is 1. The molecule has 0 fully saturated rings. The van der Waals surface area contributed by atoms with E-state index in [1.165, 1.54) is 0 Å². The molecule has 0 saturated carbocycles. The third-order valence-corrected chi connectivity index (χ3v) is 1.93. The van der Waals surface area contributed by atoms with Crippen LogP contribution in [-0.4, -0.2) is 30.3 Å². The molecule has 0 aliphatic carbocycles. The van der Waals surface area contributed by atoms with Crippen molar-refractivity contribution in [2.45, 2.75) is 20.8 Å². The fourth-order valence-corrected chi connectivity index (χ4v) is 0.943. The highest BCUT2D eigenvalue weighted by Crippen LogP contribution is 2.22. The standard InChI is InChI=1S/C9H12ClN3.C2H6/c1-7-8(10)4-5-11-9(7)12-6-13(2)3;1-2/h4-6H,1-3H3;1-2H3. The lowest BCUT2D eigenvalue weighted by Crippen LogP contribution is -2.07. The molecule has 1 aromatic rings. The molecular weight excluding hydrogens is 210 g/mol. The first kappa shape index (κ1) is 13.9. The summed E-state index contributed by atoms with van der Waals surface area (Å²) >= 11 is 5.90. The van der Waals surface area contributed by atoms with Crippen LogP contribution in [-0.2, 0) is 0 Å². The summed E-state index contributed by atoms with van der Waals surface area (Å²) in [5.41, 5.74) is 0.905. The molecule has 0 aliphatic rings. The van der Waals surface area contributed by atoms with Crippen LogP contribution in [0.25, 0.3) is 0 Å². The maximum absolute atomic E-state index is 5.90. The molecule has 0 radical (unpaired) electrons. The second kappa shape index (κ2) is 7.23. The minimum atomic E-state index is 0.668. The van der Waals surface area contributed by atoms with Crippen molar-refractivity contribution >= 4 is 23.8 Å². The van der Waals surface area contributed by atoms with Crippen LogP contribution in [0.5, 0.6) is 0 Å². The zero-order valence-electron chi connectivity index (χ0n) is 9.95. The van der Waals surface area contributed by atoms with E-state index in [0.29, 0.717) is 10.8 Å². The second-order valence-corrected chi connectivity index (χ2v) is 3.36. The van der Waals surface area contributed by atoms with Crippen molar-refractivity contribution in [3.8, 4) is 0 Å². The summed E-state index contributed by atoms with van der Waals surface area (Å²) in [6.07, 6.45) is 3.35. The summed E-state index contributed by atoms with van der Waals surface area (Å²) < 4.78 is 0. The molecule has 0 aromatic carbocycles. The molecule has 0 atom stereocenters. The number of aromatic nitrogens is 1. The predicted molar refractivity (Wildman–Crippen MR) is 67.2 cm³/mol. The molecule has 0 aliphatic heterocycles. The zero-order chi connectivity index (χ0) is 11.8. The molecule has 84 valence electrons. The summed E-state index contributed by atoms with van der Waals surface area (Å²) in [5.74, 6) is 0.668. The first-order chi connectivity index (χ1) is 7.11. The highest BCUT2D eigenvalue weighted by atomic mass is 35.5. The Balaban J connectivity index is 0.000000921. The summed E-state index contributed by atoms with van der Waals surface area (Å²) in [5, 5.41) is 0.695. The van der Waals surface area contributed by atoms with Gasteiger partial charge in [0.15, 0.2) is 5.82 Å². The molecule has 0 unspecified atom stereocenters. The molecule has 1 heterocycles. The fourth-order valence-electron chi connectivity index (χ4n) is 0.802. The van der Waals surface area contributed by atoms with Crippen LogP contribution in [0.1, 0.15) is 19.4 Å². The topological polar surface area (TPSA) is 28.5 Å². The van der Waals surface area contributed by atoms with Crippen LogP contribution < -0.4 is 0 Å². The lowest BCUT2D eigenvalue weighted by Gasteiger charge is -2.04. The summed E-state index contributed by atoms with van der Waals surface area (Å²) in [4.78, 5) is 10.1. The minimum Gasteiger partial charge on any atom is -0.369 e. The van der Waals surface area contributed by atoms with E-state index in [-0.39, 0.29) is 0 Å². The van der Waals surface area contributed by atoms with E-state index in [9.17, 15) is 0 Å². The van der Waals surface area contributed by atoms with Gasteiger partial charge in [0, 0.05) is 30.9 Å². The van der Waals surface area contributed by atoms with Gasteiger partial charge in [-0.2, -0.15) is 0 Å². The largest absolute Gasteiger partial charge is 0.369 e. The van der Waals surface area contributed by atoms with Crippen molar-refractivity contribution < 1.29 is 0 Å². The Hall–Kier alpha value is -1.09. The number of nitrogens with zero attached hydrogens (tertiary/aromatic N) is 3. The van der Waals surface area contributed by atoms with Crippen molar-refractivity contribution in [3.05, 3.63) is 22.8 Å². The highest BCUT2D eigenvalue weighted by Gasteiger charge is 2.00. The fraction of sp³-hybridized carbons (Fsp3) is 0.455. The number of rotatable bonds is 2. The SMILES string of the molecule is CC.Cc1c(Cl)ccnc1N=CN(C)C. The Morgan fingerprint density at radius 1 is 1.40 bits per heavy atom. The third-order valence-electron chi connectivity index (χ3n) is 1.52. The van der Waals surface area contributed by atoms with E-state index >= 15 is 0 Å². The van der Waals surface area contributed by atoms with Gasteiger partial charge in [0.25, 0.3) is 0 Å². The molecule has 0 bridgehead atoms. The number of hydrogen-bond acceptors (Lipinski definition) is 2. The molecule has 3 nitrogen and oxygen atoms in total. The van der Waals surface area contributed by atoms with Crippen LogP contribution >= 0.6 is 11.6 Å². The summed E-state index contributed by atoms with van der Waals surface area (Å²) in [6, 6.07) is 1.76. The van der Waals surface area contributed by atoms with Gasteiger partial charge in [0.2, 0.25) is 0 Å². The van der Waals surface area contributed by atoms with E-state index < -0.39 is 0 Å². The molecule has 0 amide bonds. The van der Waals surface area contributed by atoms with Gasteiger partial charge >= 0.3 is 0 Å². The van der Waals surface area contributed by atoms with E-state index in [4.69, 9.17) is 11.6 Å². The Labute approximate surface area is 96.8 Å². The van der Waals surface area contributed by atoms with Crippen molar-refractivity contribution in [2.24, 2.45) is 4.99 Å². The van der Waals surface area contributed by atoms with E-state index in [1.54, 1.807) is 18.6 Å². The molecule has 0 spiro atoms. The van der Waals surface area contributed by atoms with Crippen molar-refractivity contribution in [2.75, 3.05) is 14.1 Å². The van der Waals surface area contributed by atoms with Crippen LogP contribution in [0.2, 0.25) is 5.02 Å². The number of halogens is 1. The minimum absolute atomic E-state index is 0.668. The maximum atomic E-state index is 5.90. The molecule has 0 saturated heterocycles. The Morgan fingerprint density at radius 2 is 2.00 bits per heavy atom. The summed E-state index contributed by atoms with van der Waals surface area (Å²) in [6.45, 7) is 5.90.